The third-order valence-corrected chi connectivity index (χ3v) is 15.3. The van der Waals surface area contributed by atoms with Crippen LogP contribution in [0.1, 0.15) is 128 Å². The fourth-order valence-electron chi connectivity index (χ4n) is 12.4. The Morgan fingerprint density at radius 1 is 0.722 bits per heavy atom. The van der Waals surface area contributed by atoms with E-state index in [0.717, 1.165) is 42.4 Å². The van der Waals surface area contributed by atoms with Crippen LogP contribution in [0, 0.1) is 50.2 Å². The minimum atomic E-state index is -1.29. The number of fused-ring (bicyclic) bond motifs is 7. The highest BCUT2D eigenvalue weighted by molar-refractivity contribution is 5.83. The van der Waals surface area contributed by atoms with Crippen molar-refractivity contribution in [2.75, 3.05) is 13.2 Å². The molecule has 0 saturated heterocycles. The number of ether oxygens (including phenoxy) is 3. The van der Waals surface area contributed by atoms with E-state index in [9.17, 15) is 29.7 Å². The van der Waals surface area contributed by atoms with Gasteiger partial charge in [-0.15, -0.1) is 0 Å². The molecule has 4 saturated carbocycles. The zero-order valence-electron chi connectivity index (χ0n) is 35.0. The molecule has 0 heterocycles. The third kappa shape index (κ3) is 6.86. The fraction of sp³-hybridized carbons (Fsp3) is 0.756. The van der Waals surface area contributed by atoms with E-state index in [0.29, 0.717) is 19.3 Å². The molecule has 9 heteroatoms. The van der Waals surface area contributed by atoms with E-state index < -0.39 is 58.0 Å². The lowest BCUT2D eigenvalue weighted by molar-refractivity contribution is -0.264. The number of allylic oxidation sites excluding steroid dienone is 5. The fourth-order valence-corrected chi connectivity index (χ4v) is 12.4. The van der Waals surface area contributed by atoms with Crippen LogP contribution in [0.5, 0.6) is 0 Å². The maximum absolute atomic E-state index is 13.4. The molecule has 54 heavy (non-hydrogen) atoms. The van der Waals surface area contributed by atoms with Gasteiger partial charge in [0, 0.05) is 23.6 Å². The van der Waals surface area contributed by atoms with Crippen LogP contribution in [0.2, 0.25) is 0 Å². The average molecular weight is 753 g/mol. The van der Waals surface area contributed by atoms with Crippen LogP contribution in [0.25, 0.3) is 0 Å². The number of aliphatic hydroxyl groups excluding tert-OH is 3. The Kier molecular flexibility index (Phi) is 11.5. The van der Waals surface area contributed by atoms with Crippen molar-refractivity contribution in [3.63, 3.8) is 0 Å². The topological polar surface area (TPSA) is 140 Å². The second-order valence-corrected chi connectivity index (χ2v) is 20.1. The van der Waals surface area contributed by atoms with Gasteiger partial charge in [0.05, 0.1) is 30.3 Å². The first-order valence-electron chi connectivity index (χ1n) is 20.1. The van der Waals surface area contributed by atoms with Gasteiger partial charge in [0.25, 0.3) is 0 Å². The first-order valence-corrected chi connectivity index (χ1v) is 20.1. The molecule has 5 aliphatic rings. The van der Waals surface area contributed by atoms with Gasteiger partial charge in [-0.2, -0.15) is 0 Å². The summed E-state index contributed by atoms with van der Waals surface area (Å²) in [6, 6.07) is 0. The van der Waals surface area contributed by atoms with Gasteiger partial charge in [0.15, 0.2) is 0 Å². The molecule has 12 atom stereocenters. The molecule has 0 aromatic heterocycles. The lowest BCUT2D eigenvalue weighted by Crippen LogP contribution is -2.72. The molecule has 0 aromatic carbocycles. The van der Waals surface area contributed by atoms with E-state index in [1.54, 1.807) is 13.8 Å². The smallest absolute Gasteiger partial charge is 0.331 e. The molecule has 0 aliphatic heterocycles. The molecule has 5 rings (SSSR count). The first-order chi connectivity index (χ1) is 24.9. The Morgan fingerprint density at radius 3 is 1.85 bits per heavy atom. The van der Waals surface area contributed by atoms with Crippen LogP contribution in [-0.2, 0) is 28.6 Å². The van der Waals surface area contributed by atoms with E-state index in [4.69, 9.17) is 14.2 Å². The van der Waals surface area contributed by atoms with Crippen LogP contribution < -0.4 is 0 Å². The minimum Gasteiger partial charge on any atom is -0.462 e. The van der Waals surface area contributed by atoms with Crippen LogP contribution in [0.3, 0.4) is 0 Å². The van der Waals surface area contributed by atoms with Crippen molar-refractivity contribution in [2.24, 2.45) is 50.2 Å². The summed E-state index contributed by atoms with van der Waals surface area (Å²) >= 11 is 0. The highest BCUT2D eigenvalue weighted by Gasteiger charge is 2.73. The summed E-state index contributed by atoms with van der Waals surface area (Å²) in [6.45, 7) is 24.0. The standard InChI is InChI=1S/C45H68O9/c1-26(2)19-35(48)52-24-42(10)31-15-18-43(11)32(41(31,9)17-16-33(42)46)14-13-29-30-22-40(7,8)38(51)39(54-37(50)21-28(5)6)45(30,34(47)23-44(29,43)12)25-53-36(49)20-27(3)4/h13,19-21,30-34,38-39,46-47,51H,14-18,22-25H2,1-12H3/t30?,31?,32?,33-,34+,38-,39-,41-,42+,43+,44+,45-/m0/s1. The molecule has 4 fully saturated rings. The van der Waals surface area contributed by atoms with Crippen molar-refractivity contribution in [1.82, 2.24) is 0 Å². The summed E-state index contributed by atoms with van der Waals surface area (Å²) in [4.78, 5) is 39.1. The first kappa shape index (κ1) is 42.4. The van der Waals surface area contributed by atoms with E-state index in [1.165, 1.54) is 23.8 Å². The van der Waals surface area contributed by atoms with Crippen molar-refractivity contribution in [3.8, 4) is 0 Å². The van der Waals surface area contributed by atoms with Crippen molar-refractivity contribution in [3.05, 3.63) is 46.6 Å². The second kappa shape index (κ2) is 14.6. The predicted octanol–water partition coefficient (Wildman–Crippen LogP) is 7.58. The SMILES string of the molecule is CC(C)=CC(=O)OC[C@@]12C(CC(C)(C)[C@@H](O)[C@@H]1OC(=O)C=C(C)C)C1=CCC3[C@@]4(C)CC[C@H](O)[C@](C)(COC(=O)C=C(C)C)C4CC[C@@]3(C)[C@]1(C)C[C@H]2O. The average Bonchev–Trinajstić information content (AvgIpc) is 3.03. The Labute approximate surface area is 323 Å². The van der Waals surface area contributed by atoms with Gasteiger partial charge >= 0.3 is 17.9 Å². The molecule has 0 bridgehead atoms. The molecular weight excluding hydrogens is 684 g/mol. The quantitative estimate of drug-likeness (QED) is 0.0991. The lowest BCUT2D eigenvalue weighted by atomic mass is 9.33. The molecule has 0 spiro atoms. The molecule has 9 nitrogen and oxygen atoms in total. The van der Waals surface area contributed by atoms with Crippen molar-refractivity contribution in [2.45, 2.75) is 152 Å². The normalized spacial score (nSPS) is 41.9. The Morgan fingerprint density at radius 2 is 1.28 bits per heavy atom. The highest BCUT2D eigenvalue weighted by atomic mass is 16.6. The predicted molar refractivity (Wildman–Crippen MR) is 208 cm³/mol. The Balaban J connectivity index is 1.61. The Hall–Kier alpha value is -2.75. The molecule has 0 aromatic rings. The molecule has 302 valence electrons. The van der Waals surface area contributed by atoms with E-state index >= 15 is 0 Å². The minimum absolute atomic E-state index is 0.106. The zero-order chi connectivity index (χ0) is 40.4. The number of hydrogen-bond donors (Lipinski definition) is 3. The summed E-state index contributed by atoms with van der Waals surface area (Å²) in [5.74, 6) is -1.56. The largest absolute Gasteiger partial charge is 0.462 e. The number of rotatable bonds is 8. The van der Waals surface area contributed by atoms with E-state index in [-0.39, 0.29) is 47.8 Å². The summed E-state index contributed by atoms with van der Waals surface area (Å²) in [5.41, 5.74) is 0.0530. The van der Waals surface area contributed by atoms with E-state index in [2.05, 4.69) is 33.8 Å². The van der Waals surface area contributed by atoms with E-state index in [1.807, 2.05) is 41.5 Å². The van der Waals surface area contributed by atoms with Crippen LogP contribution in [0.4, 0.5) is 0 Å². The number of esters is 3. The Bertz CT molecular complexity index is 1620. The number of hydrogen-bond acceptors (Lipinski definition) is 9. The number of carbonyl (C=O) groups is 3. The second-order valence-electron chi connectivity index (χ2n) is 20.1. The van der Waals surface area contributed by atoms with Crippen LogP contribution in [0.15, 0.2) is 46.6 Å². The molecule has 0 radical (unpaired) electrons. The summed E-state index contributed by atoms with van der Waals surface area (Å²) < 4.78 is 18.0. The molecular formula is C45H68O9. The van der Waals surface area contributed by atoms with Gasteiger partial charge in [0.1, 0.15) is 12.7 Å². The number of aliphatic hydroxyl groups is 3. The maximum atomic E-state index is 13.4. The van der Waals surface area contributed by atoms with Gasteiger partial charge < -0.3 is 29.5 Å². The zero-order valence-corrected chi connectivity index (χ0v) is 35.0. The van der Waals surface area contributed by atoms with Crippen molar-refractivity contribution >= 4 is 17.9 Å². The van der Waals surface area contributed by atoms with Gasteiger partial charge in [-0.3, -0.25) is 0 Å². The van der Waals surface area contributed by atoms with Gasteiger partial charge in [-0.1, -0.05) is 69.9 Å². The van der Waals surface area contributed by atoms with Gasteiger partial charge in [-0.25, -0.2) is 14.4 Å². The third-order valence-electron chi connectivity index (χ3n) is 15.3. The monoisotopic (exact) mass is 752 g/mol. The van der Waals surface area contributed by atoms with Gasteiger partial charge in [0.2, 0.25) is 0 Å². The number of carbonyl (C=O) groups excluding carboxylic acids is 3. The summed E-state index contributed by atoms with van der Waals surface area (Å²) in [7, 11) is 0. The van der Waals surface area contributed by atoms with Crippen LogP contribution in [-0.4, -0.2) is 70.9 Å². The summed E-state index contributed by atoms with van der Waals surface area (Å²) in [6.07, 6.45) is 7.51. The van der Waals surface area contributed by atoms with Crippen molar-refractivity contribution in [1.29, 1.82) is 0 Å². The maximum Gasteiger partial charge on any atom is 0.331 e. The van der Waals surface area contributed by atoms with Crippen molar-refractivity contribution < 1.29 is 43.9 Å². The molecule has 3 N–H and O–H groups in total. The molecule has 5 aliphatic carbocycles. The highest BCUT2D eigenvalue weighted by Crippen LogP contribution is 2.76. The molecule has 0 amide bonds. The lowest BCUT2D eigenvalue weighted by Gasteiger charge is -2.72. The van der Waals surface area contributed by atoms with Gasteiger partial charge in [-0.05, 0) is 126 Å². The van der Waals surface area contributed by atoms with Crippen LogP contribution >= 0.6 is 0 Å². The summed E-state index contributed by atoms with van der Waals surface area (Å²) in [5, 5.41) is 36.4. The molecule has 3 unspecified atom stereocenters.